The molecule has 1 saturated heterocycles. The molecule has 2 N–H and O–H groups in total. The Morgan fingerprint density at radius 2 is 1.78 bits per heavy atom. The molecule has 2 spiro atoms. The van der Waals surface area contributed by atoms with Crippen molar-refractivity contribution in [2.45, 2.75) is 75.3 Å². The van der Waals surface area contributed by atoms with Crippen LogP contribution in [0.1, 0.15) is 69.2 Å². The SMILES string of the molecule is CC1(C)C[C@@H]2CN1c1nc(-n3ccc(OCCC4C5(CC5)C45CC5)n3)ccc1C(=O)NS(=O)(=O)c1cccc(n1)NCC(F)(F)C2. The molecule has 3 aliphatic carbocycles. The van der Waals surface area contributed by atoms with Crippen molar-refractivity contribution >= 4 is 27.6 Å². The molecule has 5 aliphatic rings. The molecule has 3 saturated carbocycles. The third kappa shape index (κ3) is 4.90. The molecule has 2 aliphatic heterocycles. The summed E-state index contributed by atoms with van der Waals surface area (Å²) in [6.45, 7) is 3.91. The Bertz CT molecular complexity index is 1820. The van der Waals surface area contributed by atoms with Crippen molar-refractivity contribution in [2.24, 2.45) is 22.7 Å². The topological polar surface area (TPSA) is 131 Å². The van der Waals surface area contributed by atoms with Crippen molar-refractivity contribution in [2.75, 3.05) is 29.9 Å². The Morgan fingerprint density at radius 3 is 2.52 bits per heavy atom. The van der Waals surface area contributed by atoms with Gasteiger partial charge in [0.1, 0.15) is 11.6 Å². The van der Waals surface area contributed by atoms with E-state index in [4.69, 9.17) is 9.72 Å². The monoisotopic (exact) mass is 653 g/mol. The van der Waals surface area contributed by atoms with Gasteiger partial charge in [-0.2, -0.15) is 8.42 Å². The lowest BCUT2D eigenvalue weighted by Crippen LogP contribution is -2.41. The first kappa shape index (κ1) is 29.6. The molecular weight excluding hydrogens is 616 g/mol. The Morgan fingerprint density at radius 1 is 1.02 bits per heavy atom. The summed E-state index contributed by atoms with van der Waals surface area (Å²) < 4.78 is 66.5. The number of halogens is 2. The summed E-state index contributed by atoms with van der Waals surface area (Å²) in [5.74, 6) is -2.64. The number of anilines is 2. The van der Waals surface area contributed by atoms with Crippen molar-refractivity contribution in [1.82, 2.24) is 24.5 Å². The van der Waals surface area contributed by atoms with Crippen molar-refractivity contribution in [3.63, 3.8) is 0 Å². The molecule has 46 heavy (non-hydrogen) atoms. The predicted molar refractivity (Wildman–Crippen MR) is 165 cm³/mol. The van der Waals surface area contributed by atoms with E-state index in [-0.39, 0.29) is 23.7 Å². The molecular formula is C32H37F2N7O4S. The number of aromatic nitrogens is 4. The van der Waals surface area contributed by atoms with Crippen molar-refractivity contribution < 1.29 is 26.7 Å². The lowest BCUT2D eigenvalue weighted by atomic mass is 9.92. The van der Waals surface area contributed by atoms with E-state index in [1.165, 1.54) is 54.6 Å². The first-order valence-corrected chi connectivity index (χ1v) is 17.4. The zero-order valence-corrected chi connectivity index (χ0v) is 26.6. The van der Waals surface area contributed by atoms with Gasteiger partial charge in [0.25, 0.3) is 21.9 Å². The minimum atomic E-state index is -4.44. The van der Waals surface area contributed by atoms with Crippen LogP contribution in [0.2, 0.25) is 0 Å². The summed E-state index contributed by atoms with van der Waals surface area (Å²) in [6.07, 6.45) is 8.20. The van der Waals surface area contributed by atoms with E-state index in [1.807, 2.05) is 18.7 Å². The molecule has 0 unspecified atom stereocenters. The zero-order valence-electron chi connectivity index (χ0n) is 25.8. The largest absolute Gasteiger partial charge is 0.477 e. The van der Waals surface area contributed by atoms with Crippen LogP contribution in [-0.4, -0.2) is 65.2 Å². The number of rotatable bonds is 5. The van der Waals surface area contributed by atoms with Crippen LogP contribution in [0.15, 0.2) is 47.6 Å². The maximum atomic E-state index is 15.2. The number of carbonyl (C=O) groups excluding carboxylic acids is 1. The second kappa shape index (κ2) is 9.85. The van der Waals surface area contributed by atoms with E-state index in [1.54, 1.807) is 18.3 Å². The Balaban J connectivity index is 1.09. The minimum Gasteiger partial charge on any atom is -0.477 e. The summed E-state index contributed by atoms with van der Waals surface area (Å²) in [7, 11) is -4.44. The summed E-state index contributed by atoms with van der Waals surface area (Å²) in [5.41, 5.74) is 0.577. The van der Waals surface area contributed by atoms with Crippen LogP contribution in [0.25, 0.3) is 5.82 Å². The molecule has 244 valence electrons. The van der Waals surface area contributed by atoms with E-state index in [0.717, 1.165) is 12.3 Å². The lowest BCUT2D eigenvalue weighted by Gasteiger charge is -2.34. The molecule has 8 rings (SSSR count). The molecule has 3 aromatic heterocycles. The van der Waals surface area contributed by atoms with E-state index < -0.39 is 51.3 Å². The second-order valence-corrected chi connectivity index (χ2v) is 16.0. The number of pyridine rings is 2. The van der Waals surface area contributed by atoms with Crippen LogP contribution < -0.4 is 19.7 Å². The minimum absolute atomic E-state index is 0.00645. The van der Waals surface area contributed by atoms with Gasteiger partial charge in [-0.25, -0.2) is 28.2 Å². The third-order valence-corrected chi connectivity index (χ3v) is 12.2. The summed E-state index contributed by atoms with van der Waals surface area (Å²) >= 11 is 0. The van der Waals surface area contributed by atoms with Gasteiger partial charge in [0.05, 0.1) is 18.7 Å². The average Bonchev–Trinajstić information content (AvgIpc) is 3.95. The van der Waals surface area contributed by atoms with Crippen LogP contribution in [0.5, 0.6) is 5.88 Å². The number of nitrogens with zero attached hydrogens (tertiary/aromatic N) is 5. The molecule has 3 aromatic rings. The highest BCUT2D eigenvalue weighted by Crippen LogP contribution is 2.93. The number of alkyl halides is 2. The van der Waals surface area contributed by atoms with Crippen molar-refractivity contribution in [1.29, 1.82) is 0 Å². The van der Waals surface area contributed by atoms with Crippen LogP contribution in [0, 0.1) is 22.7 Å². The number of amides is 1. The van der Waals surface area contributed by atoms with Crippen LogP contribution >= 0.6 is 0 Å². The lowest BCUT2D eigenvalue weighted by molar-refractivity contribution is -0.00773. The van der Waals surface area contributed by atoms with Gasteiger partial charge in [-0.05, 0) is 99.3 Å². The fraction of sp³-hybridized carbons (Fsp3) is 0.562. The maximum absolute atomic E-state index is 15.2. The number of sulfonamides is 1. The van der Waals surface area contributed by atoms with Crippen LogP contribution in [0.3, 0.4) is 0 Å². The summed E-state index contributed by atoms with van der Waals surface area (Å²) in [6, 6.07) is 8.81. The Labute approximate surface area is 266 Å². The average molecular weight is 654 g/mol. The highest BCUT2D eigenvalue weighted by Gasteiger charge is 2.85. The van der Waals surface area contributed by atoms with Crippen LogP contribution in [-0.2, 0) is 10.0 Å². The molecule has 0 radical (unpaired) electrons. The predicted octanol–water partition coefficient (Wildman–Crippen LogP) is 4.80. The number of ether oxygens (including phenoxy) is 1. The summed E-state index contributed by atoms with van der Waals surface area (Å²) in [5, 5.41) is 6.66. The molecule has 1 atom stereocenters. The highest BCUT2D eigenvalue weighted by molar-refractivity contribution is 7.90. The fourth-order valence-corrected chi connectivity index (χ4v) is 9.54. The fourth-order valence-electron chi connectivity index (χ4n) is 8.60. The molecule has 4 bridgehead atoms. The molecule has 11 nitrogen and oxygen atoms in total. The Hall–Kier alpha value is -3.81. The zero-order chi connectivity index (χ0) is 32.1. The van der Waals surface area contributed by atoms with E-state index in [2.05, 4.69) is 20.1 Å². The smallest absolute Gasteiger partial charge is 0.281 e. The number of carbonyl (C=O) groups is 1. The highest BCUT2D eigenvalue weighted by atomic mass is 32.2. The quantitative estimate of drug-likeness (QED) is 0.399. The van der Waals surface area contributed by atoms with E-state index in [9.17, 15) is 13.2 Å². The summed E-state index contributed by atoms with van der Waals surface area (Å²) in [4.78, 5) is 24.2. The van der Waals surface area contributed by atoms with Gasteiger partial charge in [0.2, 0.25) is 5.88 Å². The number of hydrogen-bond donors (Lipinski definition) is 2. The standard InChI is InChI=1S/C32H37F2N7O4S/c1-29(2)16-20-17-32(33,34)19-35-23-4-3-5-26(36-23)46(43,44)39-28(42)21-6-7-24(37-27(21)40(29)18-20)41-14-8-25(38-41)45-15-9-22-30(10-11-30)31(22)12-13-31/h3-8,14,20,22H,9-13,15-19H2,1-2H3,(H,35,36)(H,39,42)/t20-/m0/s1. The molecule has 0 aromatic carbocycles. The van der Waals surface area contributed by atoms with Gasteiger partial charge in [-0.15, -0.1) is 5.10 Å². The van der Waals surface area contributed by atoms with Crippen molar-refractivity contribution in [3.8, 4) is 11.7 Å². The van der Waals surface area contributed by atoms with Gasteiger partial charge in [-0.3, -0.25) is 4.79 Å². The van der Waals surface area contributed by atoms with Crippen molar-refractivity contribution in [3.05, 3.63) is 48.2 Å². The first-order chi connectivity index (χ1) is 21.8. The van der Waals surface area contributed by atoms with Gasteiger partial charge in [-0.1, -0.05) is 6.07 Å². The van der Waals surface area contributed by atoms with Gasteiger partial charge in [0, 0.05) is 30.8 Å². The number of nitrogens with one attached hydrogen (secondary N) is 2. The first-order valence-electron chi connectivity index (χ1n) is 15.9. The number of fused-ring (bicyclic) bond motifs is 7. The van der Waals surface area contributed by atoms with Gasteiger partial charge >= 0.3 is 0 Å². The molecule has 1 amide bonds. The van der Waals surface area contributed by atoms with E-state index in [0.29, 0.717) is 35.6 Å². The number of hydrogen-bond acceptors (Lipinski definition) is 9. The second-order valence-electron chi connectivity index (χ2n) is 14.3. The van der Waals surface area contributed by atoms with Crippen LogP contribution in [0.4, 0.5) is 20.4 Å². The molecule has 4 fully saturated rings. The third-order valence-electron chi connectivity index (χ3n) is 10.9. The Kier molecular flexibility index (Phi) is 6.33. The normalized spacial score (nSPS) is 26.0. The van der Waals surface area contributed by atoms with Gasteiger partial charge < -0.3 is 15.0 Å². The van der Waals surface area contributed by atoms with E-state index >= 15 is 8.78 Å². The molecule has 14 heteroatoms. The molecule has 5 heterocycles. The van der Waals surface area contributed by atoms with Gasteiger partial charge in [0.15, 0.2) is 10.8 Å². The maximum Gasteiger partial charge on any atom is 0.281 e.